The summed E-state index contributed by atoms with van der Waals surface area (Å²) in [4.78, 5) is 44.8. The van der Waals surface area contributed by atoms with E-state index < -0.39 is 10.5 Å². The minimum atomic E-state index is -0.527. The number of aromatic nitrogens is 3. The molecule has 3 heterocycles. The fourth-order valence-corrected chi connectivity index (χ4v) is 3.56. The van der Waals surface area contributed by atoms with Gasteiger partial charge in [-0.25, -0.2) is 4.98 Å². The number of fused-ring (bicyclic) bond motifs is 1. The van der Waals surface area contributed by atoms with Crippen molar-refractivity contribution in [3.63, 3.8) is 0 Å². The maximum atomic E-state index is 13.4. The number of aromatic amines is 1. The second-order valence-corrected chi connectivity index (χ2v) is 6.65. The number of piperazine rings is 1. The molecule has 4 rings (SSSR count). The van der Waals surface area contributed by atoms with E-state index in [0.29, 0.717) is 30.5 Å². The topological polar surface area (TPSA) is 126 Å². The zero-order valence-corrected chi connectivity index (χ0v) is 15.1. The average Bonchev–Trinajstić information content (AvgIpc) is 3.12. The van der Waals surface area contributed by atoms with Crippen molar-refractivity contribution in [2.75, 3.05) is 19.6 Å². The predicted molar refractivity (Wildman–Crippen MR) is 101 cm³/mol. The highest BCUT2D eigenvalue weighted by Gasteiger charge is 2.32. The molecule has 0 spiro atoms. The molecule has 1 aliphatic heterocycles. The van der Waals surface area contributed by atoms with Crippen LogP contribution in [-0.4, -0.2) is 49.9 Å². The molecule has 1 fully saturated rings. The summed E-state index contributed by atoms with van der Waals surface area (Å²) >= 11 is 0. The lowest BCUT2D eigenvalue weighted by Crippen LogP contribution is -2.49. The highest BCUT2D eigenvalue weighted by Crippen LogP contribution is 2.27. The molecule has 0 aliphatic carbocycles. The van der Waals surface area contributed by atoms with Crippen LogP contribution < -0.4 is 10.9 Å². The molecule has 0 radical (unpaired) electrons. The molecule has 1 unspecified atom stereocenters. The Morgan fingerprint density at radius 3 is 2.89 bits per heavy atom. The summed E-state index contributed by atoms with van der Waals surface area (Å²) in [6.07, 6.45) is 3.47. The molecule has 1 saturated heterocycles. The summed E-state index contributed by atoms with van der Waals surface area (Å²) in [6.45, 7) is 1.56. The van der Waals surface area contributed by atoms with Crippen LogP contribution in [0.4, 0.5) is 5.69 Å². The lowest BCUT2D eigenvalue weighted by molar-refractivity contribution is -0.384. The summed E-state index contributed by atoms with van der Waals surface area (Å²) in [5, 5.41) is 14.8. The van der Waals surface area contributed by atoms with Crippen molar-refractivity contribution in [1.29, 1.82) is 0 Å². The molecule has 10 heteroatoms. The van der Waals surface area contributed by atoms with Crippen molar-refractivity contribution in [3.8, 4) is 0 Å². The SMILES string of the molecule is Cn1ccnc1C1CNCCN1C(=O)c1cc(=O)[nH]c2ccc([N+](=O)[O-])cc12. The first-order valence-corrected chi connectivity index (χ1v) is 8.76. The van der Waals surface area contributed by atoms with Gasteiger partial charge in [0.15, 0.2) is 0 Å². The predicted octanol–water partition coefficient (Wildman–Crippen LogP) is 0.957. The Kier molecular flexibility index (Phi) is 4.40. The Bertz CT molecular complexity index is 1130. The van der Waals surface area contributed by atoms with E-state index in [1.807, 2.05) is 11.6 Å². The first kappa shape index (κ1) is 17.9. The van der Waals surface area contributed by atoms with Crippen LogP contribution in [-0.2, 0) is 7.05 Å². The summed E-state index contributed by atoms with van der Waals surface area (Å²) in [5.74, 6) is 0.367. The van der Waals surface area contributed by atoms with Crippen molar-refractivity contribution in [2.45, 2.75) is 6.04 Å². The summed E-state index contributed by atoms with van der Waals surface area (Å²) in [6, 6.07) is 4.95. The molecular formula is C18H18N6O4. The Morgan fingerprint density at radius 1 is 1.36 bits per heavy atom. The quantitative estimate of drug-likeness (QED) is 0.513. The Labute approximate surface area is 158 Å². The molecule has 10 nitrogen and oxygen atoms in total. The second kappa shape index (κ2) is 6.89. The zero-order valence-electron chi connectivity index (χ0n) is 15.1. The average molecular weight is 382 g/mol. The minimum absolute atomic E-state index is 0.142. The summed E-state index contributed by atoms with van der Waals surface area (Å²) in [7, 11) is 1.85. The van der Waals surface area contributed by atoms with Crippen LogP contribution >= 0.6 is 0 Å². The standard InChI is InChI=1S/C18H18N6O4/c1-22-6-5-20-17(22)15-10-19-4-7-23(15)18(26)13-9-16(25)21-14-3-2-11(24(27)28)8-12(13)14/h2-3,5-6,8-9,15,19H,4,7,10H2,1H3,(H,21,25). The van der Waals surface area contributed by atoms with Gasteiger partial charge in [-0.2, -0.15) is 0 Å². The summed E-state index contributed by atoms with van der Waals surface area (Å²) in [5.41, 5.74) is -0.0587. The van der Waals surface area contributed by atoms with Crippen LogP contribution in [0, 0.1) is 10.1 Å². The molecule has 1 amide bonds. The molecule has 144 valence electrons. The monoisotopic (exact) mass is 382 g/mol. The number of amides is 1. The van der Waals surface area contributed by atoms with Gasteiger partial charge in [-0.3, -0.25) is 19.7 Å². The van der Waals surface area contributed by atoms with Gasteiger partial charge in [-0.1, -0.05) is 0 Å². The van der Waals surface area contributed by atoms with Gasteiger partial charge in [0.25, 0.3) is 11.6 Å². The molecule has 1 aromatic carbocycles. The van der Waals surface area contributed by atoms with Gasteiger partial charge in [0.05, 0.1) is 10.5 Å². The van der Waals surface area contributed by atoms with Crippen molar-refractivity contribution in [2.24, 2.45) is 7.05 Å². The normalized spacial score (nSPS) is 17.0. The number of nitro groups is 1. The Morgan fingerprint density at radius 2 is 2.18 bits per heavy atom. The third kappa shape index (κ3) is 3.03. The highest BCUT2D eigenvalue weighted by atomic mass is 16.6. The molecule has 0 saturated carbocycles. The smallest absolute Gasteiger partial charge is 0.270 e. The number of pyridine rings is 1. The number of rotatable bonds is 3. The number of imidazole rings is 1. The number of H-pyrrole nitrogens is 1. The van der Waals surface area contributed by atoms with Gasteiger partial charge in [-0.05, 0) is 6.07 Å². The van der Waals surface area contributed by atoms with E-state index in [2.05, 4.69) is 15.3 Å². The number of hydrogen-bond acceptors (Lipinski definition) is 6. The molecule has 2 aromatic heterocycles. The number of carbonyl (C=O) groups is 1. The molecule has 28 heavy (non-hydrogen) atoms. The fourth-order valence-electron chi connectivity index (χ4n) is 3.56. The number of aryl methyl sites for hydroxylation is 1. The van der Waals surface area contributed by atoms with Gasteiger partial charge >= 0.3 is 0 Å². The van der Waals surface area contributed by atoms with E-state index in [0.717, 1.165) is 5.82 Å². The van der Waals surface area contributed by atoms with Crippen molar-refractivity contribution < 1.29 is 9.72 Å². The number of hydrogen-bond donors (Lipinski definition) is 2. The van der Waals surface area contributed by atoms with Crippen molar-refractivity contribution in [3.05, 3.63) is 68.5 Å². The second-order valence-electron chi connectivity index (χ2n) is 6.65. The maximum absolute atomic E-state index is 13.4. The van der Waals surface area contributed by atoms with Gasteiger partial charge in [0.2, 0.25) is 5.56 Å². The number of benzene rings is 1. The number of nitro benzene ring substituents is 1. The number of nitrogens with zero attached hydrogens (tertiary/aromatic N) is 4. The molecule has 1 atom stereocenters. The lowest BCUT2D eigenvalue weighted by Gasteiger charge is -2.36. The molecule has 0 bridgehead atoms. The van der Waals surface area contributed by atoms with E-state index in [4.69, 9.17) is 0 Å². The van der Waals surface area contributed by atoms with Crippen LogP contribution in [0.15, 0.2) is 41.5 Å². The number of nitrogens with one attached hydrogen (secondary N) is 2. The van der Waals surface area contributed by atoms with E-state index in [1.165, 1.54) is 24.3 Å². The Hall–Kier alpha value is -3.53. The Balaban J connectivity index is 1.83. The van der Waals surface area contributed by atoms with Gasteiger partial charge in [-0.15, -0.1) is 0 Å². The summed E-state index contributed by atoms with van der Waals surface area (Å²) < 4.78 is 1.85. The first-order valence-electron chi connectivity index (χ1n) is 8.76. The van der Waals surface area contributed by atoms with Crippen LogP contribution in [0.5, 0.6) is 0 Å². The first-order chi connectivity index (χ1) is 13.5. The van der Waals surface area contributed by atoms with E-state index >= 15 is 0 Å². The number of carbonyl (C=O) groups excluding carboxylic acids is 1. The van der Waals surface area contributed by atoms with Gasteiger partial charge < -0.3 is 19.8 Å². The fraction of sp³-hybridized carbons (Fsp3) is 0.278. The third-order valence-electron chi connectivity index (χ3n) is 4.93. The third-order valence-corrected chi connectivity index (χ3v) is 4.93. The van der Waals surface area contributed by atoms with Gasteiger partial charge in [0, 0.05) is 68.2 Å². The van der Waals surface area contributed by atoms with E-state index in [-0.39, 0.29) is 23.2 Å². The molecule has 3 aromatic rings. The zero-order chi connectivity index (χ0) is 19.8. The van der Waals surface area contributed by atoms with Crippen molar-refractivity contribution in [1.82, 2.24) is 24.8 Å². The van der Waals surface area contributed by atoms with E-state index in [1.54, 1.807) is 17.3 Å². The van der Waals surface area contributed by atoms with Gasteiger partial charge in [0.1, 0.15) is 11.9 Å². The highest BCUT2D eigenvalue weighted by molar-refractivity contribution is 6.06. The van der Waals surface area contributed by atoms with Crippen LogP contribution in [0.2, 0.25) is 0 Å². The maximum Gasteiger partial charge on any atom is 0.270 e. The molecule has 2 N–H and O–H groups in total. The van der Waals surface area contributed by atoms with Crippen LogP contribution in [0.3, 0.4) is 0 Å². The van der Waals surface area contributed by atoms with E-state index in [9.17, 15) is 19.7 Å². The minimum Gasteiger partial charge on any atom is -0.336 e. The largest absolute Gasteiger partial charge is 0.336 e. The lowest BCUT2D eigenvalue weighted by atomic mass is 10.0. The molecular weight excluding hydrogens is 364 g/mol. The van der Waals surface area contributed by atoms with Crippen LogP contribution in [0.1, 0.15) is 22.2 Å². The molecule has 1 aliphatic rings. The van der Waals surface area contributed by atoms with Crippen LogP contribution in [0.25, 0.3) is 10.9 Å². The number of non-ortho nitro benzene ring substituents is 1. The van der Waals surface area contributed by atoms with Crippen molar-refractivity contribution >= 4 is 22.5 Å².